The highest BCUT2D eigenvalue weighted by atomic mass is 32.2. The summed E-state index contributed by atoms with van der Waals surface area (Å²) >= 11 is 1.47. The zero-order valence-corrected chi connectivity index (χ0v) is 16.8. The van der Waals surface area contributed by atoms with Gasteiger partial charge in [0, 0.05) is 12.2 Å². The third-order valence-corrected chi connectivity index (χ3v) is 5.51. The van der Waals surface area contributed by atoms with Gasteiger partial charge in [-0.3, -0.25) is 4.79 Å². The summed E-state index contributed by atoms with van der Waals surface area (Å²) in [5.74, 6) is 0.326. The summed E-state index contributed by atoms with van der Waals surface area (Å²) in [6.07, 6.45) is 1.85. The summed E-state index contributed by atoms with van der Waals surface area (Å²) in [6, 6.07) is 16.0. The molecular weight excluding hydrogens is 354 g/mol. The van der Waals surface area contributed by atoms with Crippen molar-refractivity contribution in [1.29, 1.82) is 0 Å². The van der Waals surface area contributed by atoms with Crippen molar-refractivity contribution in [3.63, 3.8) is 0 Å². The second-order valence-electron chi connectivity index (χ2n) is 6.77. The van der Waals surface area contributed by atoms with Gasteiger partial charge < -0.3 is 9.88 Å². The first-order chi connectivity index (χ1) is 13.0. The highest BCUT2D eigenvalue weighted by molar-refractivity contribution is 8.00. The minimum atomic E-state index is -0.273. The number of carbonyl (C=O) groups excluding carboxylic acids is 1. The number of anilines is 1. The predicted molar refractivity (Wildman–Crippen MR) is 114 cm³/mol. The molecule has 1 aromatic heterocycles. The molecule has 1 heterocycles. The highest BCUT2D eigenvalue weighted by Crippen LogP contribution is 2.29. The Kier molecular flexibility index (Phi) is 6.01. The summed E-state index contributed by atoms with van der Waals surface area (Å²) in [4.78, 5) is 17.5. The van der Waals surface area contributed by atoms with Gasteiger partial charge in [-0.25, -0.2) is 4.98 Å². The van der Waals surface area contributed by atoms with Crippen molar-refractivity contribution in [2.45, 2.75) is 43.6 Å². The van der Waals surface area contributed by atoms with Crippen LogP contribution in [0.2, 0.25) is 0 Å². The van der Waals surface area contributed by atoms with Gasteiger partial charge in [-0.05, 0) is 36.6 Å². The van der Waals surface area contributed by atoms with E-state index < -0.39 is 0 Å². The van der Waals surface area contributed by atoms with E-state index in [0.717, 1.165) is 27.4 Å². The maximum absolute atomic E-state index is 12.8. The smallest absolute Gasteiger partial charge is 0.237 e. The molecule has 0 aliphatic carbocycles. The van der Waals surface area contributed by atoms with Gasteiger partial charge >= 0.3 is 0 Å². The normalized spacial score (nSPS) is 12.3. The number of aromatic nitrogens is 2. The van der Waals surface area contributed by atoms with Gasteiger partial charge in [-0.2, -0.15) is 0 Å². The first-order valence-electron chi connectivity index (χ1n) is 9.14. The van der Waals surface area contributed by atoms with Crippen LogP contribution in [0.3, 0.4) is 0 Å². The standard InChI is InChI=1S/C22H25N3OS/c1-5-14-25-20-13-9-8-12-19(20)24-22(25)27-16(4)21(26)23-18-11-7-6-10-17(18)15(2)3/h5-13,15-16H,1,14H2,2-4H3,(H,23,26). The largest absolute Gasteiger partial charge is 0.325 e. The van der Waals surface area contributed by atoms with Gasteiger partial charge in [-0.15, -0.1) is 6.58 Å². The molecule has 4 nitrogen and oxygen atoms in total. The quantitative estimate of drug-likeness (QED) is 0.438. The summed E-state index contributed by atoms with van der Waals surface area (Å²) < 4.78 is 2.10. The Morgan fingerprint density at radius 3 is 2.63 bits per heavy atom. The average molecular weight is 380 g/mol. The highest BCUT2D eigenvalue weighted by Gasteiger charge is 2.20. The predicted octanol–water partition coefficient (Wildman–Crippen LogP) is 5.47. The number of fused-ring (bicyclic) bond motifs is 1. The number of thioether (sulfide) groups is 1. The summed E-state index contributed by atoms with van der Waals surface area (Å²) in [5.41, 5.74) is 4.00. The van der Waals surface area contributed by atoms with E-state index in [1.54, 1.807) is 0 Å². The number of imidazole rings is 1. The van der Waals surface area contributed by atoms with Gasteiger partial charge in [0.1, 0.15) is 0 Å². The lowest BCUT2D eigenvalue weighted by molar-refractivity contribution is -0.115. The number of nitrogens with zero attached hydrogens (tertiary/aromatic N) is 2. The second kappa shape index (κ2) is 8.44. The molecule has 3 aromatic rings. The molecule has 27 heavy (non-hydrogen) atoms. The number of allylic oxidation sites excluding steroid dienone is 1. The fourth-order valence-corrected chi connectivity index (χ4v) is 3.94. The Balaban J connectivity index is 1.80. The molecule has 5 heteroatoms. The first kappa shape index (κ1) is 19.2. The van der Waals surface area contributed by atoms with E-state index in [-0.39, 0.29) is 11.2 Å². The summed E-state index contributed by atoms with van der Waals surface area (Å²) in [7, 11) is 0. The van der Waals surface area contributed by atoms with E-state index in [1.807, 2.05) is 55.5 Å². The van der Waals surface area contributed by atoms with Gasteiger partial charge in [0.05, 0.1) is 16.3 Å². The maximum atomic E-state index is 12.8. The zero-order valence-electron chi connectivity index (χ0n) is 16.0. The van der Waals surface area contributed by atoms with Crippen LogP contribution in [0.4, 0.5) is 5.69 Å². The molecule has 1 N–H and O–H groups in total. The van der Waals surface area contributed by atoms with Crippen LogP contribution in [-0.2, 0) is 11.3 Å². The van der Waals surface area contributed by atoms with Crippen molar-refractivity contribution in [3.8, 4) is 0 Å². The lowest BCUT2D eigenvalue weighted by Gasteiger charge is -2.16. The Labute approximate surface area is 164 Å². The van der Waals surface area contributed by atoms with Crippen LogP contribution >= 0.6 is 11.8 Å². The number of hydrogen-bond acceptors (Lipinski definition) is 3. The molecule has 1 unspecified atom stereocenters. The van der Waals surface area contributed by atoms with Crippen LogP contribution in [0.25, 0.3) is 11.0 Å². The number of rotatable bonds is 7. The lowest BCUT2D eigenvalue weighted by atomic mass is 10.0. The third-order valence-electron chi connectivity index (χ3n) is 4.42. The third kappa shape index (κ3) is 4.25. The Bertz CT molecular complexity index is 961. The summed E-state index contributed by atoms with van der Waals surface area (Å²) in [6.45, 7) is 10.7. The molecule has 0 bridgehead atoms. The molecule has 1 amide bonds. The van der Waals surface area contributed by atoms with Crippen molar-refractivity contribution in [2.75, 3.05) is 5.32 Å². The first-order valence-corrected chi connectivity index (χ1v) is 10.0. The van der Waals surface area contributed by atoms with Gasteiger partial charge in [0.15, 0.2) is 5.16 Å². The zero-order chi connectivity index (χ0) is 19.4. The average Bonchev–Trinajstić information content (AvgIpc) is 2.99. The monoisotopic (exact) mass is 379 g/mol. The van der Waals surface area contributed by atoms with E-state index in [2.05, 4.69) is 36.4 Å². The fourth-order valence-electron chi connectivity index (χ4n) is 3.01. The van der Waals surface area contributed by atoms with Gasteiger partial charge in [0.25, 0.3) is 0 Å². The number of benzene rings is 2. The molecular formula is C22H25N3OS. The number of nitrogens with one attached hydrogen (secondary N) is 1. The number of amides is 1. The Hall–Kier alpha value is -2.53. The van der Waals surface area contributed by atoms with Crippen LogP contribution in [0, 0.1) is 0 Å². The van der Waals surface area contributed by atoms with Crippen molar-refractivity contribution < 1.29 is 4.79 Å². The van der Waals surface area contributed by atoms with E-state index in [9.17, 15) is 4.79 Å². The molecule has 2 aromatic carbocycles. The van der Waals surface area contributed by atoms with Crippen LogP contribution < -0.4 is 5.32 Å². The Morgan fingerprint density at radius 1 is 1.19 bits per heavy atom. The van der Waals surface area contributed by atoms with Crippen LogP contribution in [0.1, 0.15) is 32.3 Å². The SMILES string of the molecule is C=CCn1c(SC(C)C(=O)Nc2ccccc2C(C)C)nc2ccccc21. The molecule has 0 fully saturated rings. The van der Waals surface area contributed by atoms with E-state index >= 15 is 0 Å². The van der Waals surface area contributed by atoms with Crippen molar-refractivity contribution in [2.24, 2.45) is 0 Å². The molecule has 0 aliphatic heterocycles. The molecule has 1 atom stereocenters. The minimum absolute atomic E-state index is 0.0229. The molecule has 140 valence electrons. The number of para-hydroxylation sites is 3. The van der Waals surface area contributed by atoms with Crippen molar-refractivity contribution >= 4 is 34.4 Å². The van der Waals surface area contributed by atoms with Crippen LogP contribution in [0.5, 0.6) is 0 Å². The fraction of sp³-hybridized carbons (Fsp3) is 0.273. The minimum Gasteiger partial charge on any atom is -0.325 e. The van der Waals surface area contributed by atoms with Gasteiger partial charge in [0.2, 0.25) is 5.91 Å². The Morgan fingerprint density at radius 2 is 1.89 bits per heavy atom. The van der Waals surface area contributed by atoms with Crippen molar-refractivity contribution in [1.82, 2.24) is 9.55 Å². The second-order valence-corrected chi connectivity index (χ2v) is 8.08. The number of carbonyl (C=O) groups is 1. The topological polar surface area (TPSA) is 46.9 Å². The lowest BCUT2D eigenvalue weighted by Crippen LogP contribution is -2.23. The number of hydrogen-bond donors (Lipinski definition) is 1. The molecule has 0 saturated heterocycles. The van der Waals surface area contributed by atoms with Gasteiger partial charge in [-0.1, -0.05) is 62.0 Å². The molecule has 0 radical (unpaired) electrons. The summed E-state index contributed by atoms with van der Waals surface area (Å²) in [5, 5.41) is 3.64. The van der Waals surface area contributed by atoms with E-state index in [4.69, 9.17) is 4.98 Å². The van der Waals surface area contributed by atoms with E-state index in [0.29, 0.717) is 12.5 Å². The van der Waals surface area contributed by atoms with Crippen molar-refractivity contribution in [3.05, 3.63) is 66.7 Å². The molecule has 3 rings (SSSR count). The molecule has 0 saturated carbocycles. The van der Waals surface area contributed by atoms with Crippen LogP contribution in [0.15, 0.2) is 66.3 Å². The molecule has 0 aliphatic rings. The van der Waals surface area contributed by atoms with E-state index in [1.165, 1.54) is 11.8 Å². The van der Waals surface area contributed by atoms with Crippen LogP contribution in [-0.4, -0.2) is 20.7 Å². The molecule has 0 spiro atoms. The maximum Gasteiger partial charge on any atom is 0.237 e.